The second-order valence-electron chi connectivity index (χ2n) is 0. The zero-order chi connectivity index (χ0) is 0. The van der Waals surface area contributed by atoms with Crippen LogP contribution in [0.5, 0.6) is 0 Å². The van der Waals surface area contributed by atoms with Crippen LogP contribution in [0.15, 0.2) is 0 Å². The van der Waals surface area contributed by atoms with Gasteiger partial charge in [0.25, 0.3) is 0 Å². The average molecular weight is 181 g/mol. The van der Waals surface area contributed by atoms with Crippen LogP contribution in [0.1, 0.15) is 0 Å². The molecule has 4 heavy (non-hydrogen) atoms. The summed E-state index contributed by atoms with van der Waals surface area (Å²) in [6.45, 7) is 0. The maximum atomic E-state index is 0. The summed E-state index contributed by atoms with van der Waals surface area (Å²) >= 11 is 0. The summed E-state index contributed by atoms with van der Waals surface area (Å²) in [5.74, 6) is 0. The standard InChI is InChI=1S/Fe.Ni.O.V/q2*+2;-2;. The van der Waals surface area contributed by atoms with Gasteiger partial charge in [-0.05, 0) is 0 Å². The smallest absolute Gasteiger partial charge is 2.00 e. The summed E-state index contributed by atoms with van der Waals surface area (Å²) in [6.07, 6.45) is 0. The van der Waals surface area contributed by atoms with E-state index >= 15 is 0 Å². The van der Waals surface area contributed by atoms with Gasteiger partial charge in [0.05, 0.1) is 0 Å². The number of rotatable bonds is 0. The molecule has 0 atom stereocenters. The van der Waals surface area contributed by atoms with Gasteiger partial charge in [0.2, 0.25) is 0 Å². The normalized spacial score (nSPS) is 0. The van der Waals surface area contributed by atoms with Gasteiger partial charge in [0.1, 0.15) is 0 Å². The van der Waals surface area contributed by atoms with Crippen molar-refractivity contribution >= 4 is 0 Å². The summed E-state index contributed by atoms with van der Waals surface area (Å²) in [5, 5.41) is 0. The van der Waals surface area contributed by atoms with E-state index in [0.717, 1.165) is 0 Å². The van der Waals surface area contributed by atoms with E-state index in [-0.39, 0.29) is 57.6 Å². The van der Waals surface area contributed by atoms with Crippen molar-refractivity contribution in [2.45, 2.75) is 0 Å². The van der Waals surface area contributed by atoms with E-state index in [1.807, 2.05) is 0 Å². The molecule has 0 heterocycles. The second-order valence-corrected chi connectivity index (χ2v) is 0. The van der Waals surface area contributed by atoms with Crippen molar-refractivity contribution in [1.82, 2.24) is 0 Å². The predicted octanol–water partition coefficient (Wildman–Crippen LogP) is -0.126. The zero-order valence-corrected chi connectivity index (χ0v) is 5.01. The van der Waals surface area contributed by atoms with Crippen LogP contribution in [-0.4, -0.2) is 0 Å². The first-order valence-electron chi connectivity index (χ1n) is 0. The Labute approximate surface area is 57.5 Å². The minimum Gasteiger partial charge on any atom is -2.00 e. The van der Waals surface area contributed by atoms with Gasteiger partial charge in [-0.3, -0.25) is 0 Å². The molecule has 0 aromatic rings. The van der Waals surface area contributed by atoms with Gasteiger partial charge in [0.15, 0.2) is 0 Å². The molecule has 0 saturated carbocycles. The van der Waals surface area contributed by atoms with Crippen molar-refractivity contribution in [3.8, 4) is 0 Å². The van der Waals surface area contributed by atoms with Crippen LogP contribution in [0, 0.1) is 0 Å². The molecule has 0 aliphatic rings. The topological polar surface area (TPSA) is 28.5 Å². The minimum atomic E-state index is 0. The Balaban J connectivity index is 0. The van der Waals surface area contributed by atoms with Gasteiger partial charge >= 0.3 is 33.6 Å². The van der Waals surface area contributed by atoms with Gasteiger partial charge in [0, 0.05) is 18.6 Å². The first-order chi connectivity index (χ1) is 0. The van der Waals surface area contributed by atoms with Crippen molar-refractivity contribution in [3.63, 3.8) is 0 Å². The molecular formula is FeNiOV+2. The minimum absolute atomic E-state index is 0. The third-order valence-corrected chi connectivity index (χ3v) is 0. The molecule has 0 fully saturated rings. The molecule has 0 saturated heterocycles. The maximum Gasteiger partial charge on any atom is 2.00 e. The van der Waals surface area contributed by atoms with Crippen LogP contribution in [-0.2, 0) is 57.6 Å². The summed E-state index contributed by atoms with van der Waals surface area (Å²) < 4.78 is 0. The maximum absolute atomic E-state index is 0. The summed E-state index contributed by atoms with van der Waals surface area (Å²) in [7, 11) is 0. The van der Waals surface area contributed by atoms with E-state index in [4.69, 9.17) is 0 Å². The van der Waals surface area contributed by atoms with E-state index < -0.39 is 0 Å². The molecule has 0 aliphatic heterocycles. The SMILES string of the molecule is [Fe+2].[Ni+2].[O-2].[V]. The largest absolute Gasteiger partial charge is 2.00 e. The first kappa shape index (κ1) is 47.6. The fourth-order valence-corrected chi connectivity index (χ4v) is 0. The van der Waals surface area contributed by atoms with Crippen LogP contribution in [0.25, 0.3) is 0 Å². The summed E-state index contributed by atoms with van der Waals surface area (Å²) in [4.78, 5) is 0. The van der Waals surface area contributed by atoms with Crippen LogP contribution < -0.4 is 0 Å². The van der Waals surface area contributed by atoms with Crippen LogP contribution in [0.2, 0.25) is 0 Å². The molecule has 0 spiro atoms. The van der Waals surface area contributed by atoms with E-state index in [1.54, 1.807) is 0 Å². The van der Waals surface area contributed by atoms with Crippen molar-refractivity contribution in [2.75, 3.05) is 0 Å². The molecule has 0 bridgehead atoms. The molecule has 0 aliphatic carbocycles. The first-order valence-corrected chi connectivity index (χ1v) is 0. The van der Waals surface area contributed by atoms with E-state index in [0.29, 0.717) is 0 Å². The van der Waals surface area contributed by atoms with E-state index in [9.17, 15) is 0 Å². The van der Waals surface area contributed by atoms with Crippen molar-refractivity contribution < 1.29 is 57.6 Å². The summed E-state index contributed by atoms with van der Waals surface area (Å²) in [5.41, 5.74) is 0. The molecule has 0 aromatic carbocycles. The monoisotopic (exact) mass is 181 g/mol. The van der Waals surface area contributed by atoms with E-state index in [1.165, 1.54) is 0 Å². The molecule has 0 rings (SSSR count). The van der Waals surface area contributed by atoms with Gasteiger partial charge in [-0.25, -0.2) is 0 Å². The van der Waals surface area contributed by atoms with Crippen molar-refractivity contribution in [2.24, 2.45) is 0 Å². The molecule has 0 amide bonds. The van der Waals surface area contributed by atoms with Gasteiger partial charge in [-0.2, -0.15) is 0 Å². The molecule has 27 valence electrons. The van der Waals surface area contributed by atoms with Crippen LogP contribution in [0.4, 0.5) is 0 Å². The molecule has 0 unspecified atom stereocenters. The third kappa shape index (κ3) is 9.59. The molecule has 1 nitrogen and oxygen atoms in total. The van der Waals surface area contributed by atoms with Gasteiger partial charge < -0.3 is 5.48 Å². The van der Waals surface area contributed by atoms with Crippen molar-refractivity contribution in [1.29, 1.82) is 0 Å². The Hall–Kier alpha value is 1.56. The molecular weight excluding hydrogens is 181 g/mol. The Bertz CT molecular complexity index is 8.00. The predicted molar refractivity (Wildman–Crippen MR) is 0.686 cm³/mol. The Morgan fingerprint density at radius 1 is 1.00 bits per heavy atom. The van der Waals surface area contributed by atoms with Gasteiger partial charge in [-0.15, -0.1) is 0 Å². The van der Waals surface area contributed by atoms with E-state index in [2.05, 4.69) is 0 Å². The van der Waals surface area contributed by atoms with Crippen LogP contribution >= 0.6 is 0 Å². The van der Waals surface area contributed by atoms with Gasteiger partial charge in [-0.1, -0.05) is 0 Å². The van der Waals surface area contributed by atoms with Crippen molar-refractivity contribution in [3.05, 3.63) is 0 Å². The quantitative estimate of drug-likeness (QED) is 0.466. The Morgan fingerprint density at radius 3 is 1.00 bits per heavy atom. The number of hydrogen-bond donors (Lipinski definition) is 0. The molecule has 0 aromatic heterocycles. The number of hydrogen-bond acceptors (Lipinski definition) is 0. The third-order valence-electron chi connectivity index (χ3n) is 0. The Kier molecular flexibility index (Phi) is 283. The zero-order valence-electron chi connectivity index (χ0n) is 1.53. The molecule has 1 radical (unpaired) electrons. The summed E-state index contributed by atoms with van der Waals surface area (Å²) in [6, 6.07) is 0. The molecule has 4 heteroatoms. The fourth-order valence-electron chi connectivity index (χ4n) is 0. The molecule has 0 N–H and O–H groups in total. The Morgan fingerprint density at radius 2 is 1.00 bits per heavy atom. The average Bonchev–Trinajstić information content (AvgIpc) is 0. The van der Waals surface area contributed by atoms with Crippen LogP contribution in [0.3, 0.4) is 0 Å². The second kappa shape index (κ2) is 23.8. The fraction of sp³-hybridized carbons (Fsp3) is 0.